The number of rotatable bonds is 7. The summed E-state index contributed by atoms with van der Waals surface area (Å²) in [4.78, 5) is 31.4. The number of carbonyl (C=O) groups is 2. The van der Waals surface area contributed by atoms with Gasteiger partial charge in [0.25, 0.3) is 5.91 Å². The smallest absolute Gasteiger partial charge is 0.269 e. The molecule has 1 saturated heterocycles. The number of amides is 2. The maximum atomic E-state index is 12.6. The predicted octanol–water partition coefficient (Wildman–Crippen LogP) is 2.81. The lowest BCUT2D eigenvalue weighted by atomic mass is 10.1. The molecule has 0 saturated carbocycles. The van der Waals surface area contributed by atoms with Crippen LogP contribution in [0.15, 0.2) is 35.8 Å². The van der Waals surface area contributed by atoms with Crippen molar-refractivity contribution in [3.8, 4) is 17.0 Å². The Balaban J connectivity index is 1.41. The van der Waals surface area contributed by atoms with E-state index in [2.05, 4.69) is 10.3 Å². The molecule has 1 N–H and O–H groups in total. The topological polar surface area (TPSA) is 75.9 Å². The number of thiazole rings is 1. The van der Waals surface area contributed by atoms with Crippen LogP contribution in [0.25, 0.3) is 16.2 Å². The summed E-state index contributed by atoms with van der Waals surface area (Å²) in [5.74, 6) is 0.853. The third-order valence-electron chi connectivity index (χ3n) is 4.87. The molecule has 8 heteroatoms. The second-order valence-corrected chi connectivity index (χ2v) is 7.56. The second kappa shape index (κ2) is 8.02. The van der Waals surface area contributed by atoms with E-state index in [0.717, 1.165) is 41.4 Å². The third-order valence-corrected chi connectivity index (χ3v) is 5.71. The van der Waals surface area contributed by atoms with Gasteiger partial charge in [0.1, 0.15) is 11.4 Å². The van der Waals surface area contributed by atoms with Crippen LogP contribution in [0, 0.1) is 0 Å². The number of imidazole rings is 1. The molecule has 1 aliphatic heterocycles. The fraction of sp³-hybridized carbons (Fsp3) is 0.350. The quantitative estimate of drug-likeness (QED) is 0.621. The average Bonchev–Trinajstić information content (AvgIpc) is 3.41. The highest BCUT2D eigenvalue weighted by Crippen LogP contribution is 2.26. The van der Waals surface area contributed by atoms with Gasteiger partial charge in [0.15, 0.2) is 4.96 Å². The number of methoxy groups -OCH3 is 1. The minimum atomic E-state index is -0.131. The molecule has 1 aliphatic rings. The van der Waals surface area contributed by atoms with Crippen LogP contribution in [-0.4, -0.2) is 52.8 Å². The number of nitrogens with zero attached hydrogens (tertiary/aromatic N) is 3. The van der Waals surface area contributed by atoms with Crippen LogP contribution >= 0.6 is 11.3 Å². The first-order valence-electron chi connectivity index (χ1n) is 9.32. The molecule has 0 aliphatic carbocycles. The molecule has 2 aromatic heterocycles. The summed E-state index contributed by atoms with van der Waals surface area (Å²) in [6, 6.07) is 7.69. The van der Waals surface area contributed by atoms with E-state index in [0.29, 0.717) is 25.2 Å². The Morgan fingerprint density at radius 1 is 1.39 bits per heavy atom. The Labute approximate surface area is 166 Å². The Bertz CT molecular complexity index is 1010. The van der Waals surface area contributed by atoms with Gasteiger partial charge < -0.3 is 15.0 Å². The molecular weight excluding hydrogens is 376 g/mol. The van der Waals surface area contributed by atoms with Crippen molar-refractivity contribution in [3.63, 3.8) is 0 Å². The first-order chi connectivity index (χ1) is 13.7. The zero-order chi connectivity index (χ0) is 19.5. The molecule has 0 unspecified atom stereocenters. The number of fused-ring (bicyclic) bond motifs is 1. The minimum Gasteiger partial charge on any atom is -0.497 e. The monoisotopic (exact) mass is 398 g/mol. The maximum absolute atomic E-state index is 12.6. The Kier molecular flexibility index (Phi) is 5.29. The van der Waals surface area contributed by atoms with Gasteiger partial charge in [0.2, 0.25) is 5.91 Å². The van der Waals surface area contributed by atoms with E-state index in [-0.39, 0.29) is 11.8 Å². The van der Waals surface area contributed by atoms with Gasteiger partial charge in [-0.3, -0.25) is 14.0 Å². The van der Waals surface area contributed by atoms with Crippen LogP contribution in [0.1, 0.15) is 29.8 Å². The Morgan fingerprint density at radius 3 is 3.07 bits per heavy atom. The zero-order valence-corrected chi connectivity index (χ0v) is 16.5. The lowest BCUT2D eigenvalue weighted by Gasteiger charge is -2.15. The molecule has 1 fully saturated rings. The van der Waals surface area contributed by atoms with Crippen molar-refractivity contribution in [2.24, 2.45) is 0 Å². The molecule has 28 heavy (non-hydrogen) atoms. The van der Waals surface area contributed by atoms with Crippen molar-refractivity contribution in [2.45, 2.75) is 19.3 Å². The number of ether oxygens (including phenoxy) is 1. The fourth-order valence-electron chi connectivity index (χ4n) is 3.37. The van der Waals surface area contributed by atoms with Crippen molar-refractivity contribution in [1.29, 1.82) is 0 Å². The molecule has 146 valence electrons. The molecule has 2 amide bonds. The van der Waals surface area contributed by atoms with Gasteiger partial charge in [-0.2, -0.15) is 0 Å². The fourth-order valence-corrected chi connectivity index (χ4v) is 4.22. The maximum Gasteiger partial charge on any atom is 0.269 e. The van der Waals surface area contributed by atoms with Crippen molar-refractivity contribution < 1.29 is 14.3 Å². The zero-order valence-electron chi connectivity index (χ0n) is 15.7. The van der Waals surface area contributed by atoms with Crippen LogP contribution in [0.2, 0.25) is 0 Å². The van der Waals surface area contributed by atoms with Crippen LogP contribution in [-0.2, 0) is 4.79 Å². The highest BCUT2D eigenvalue weighted by Gasteiger charge is 2.19. The molecule has 0 radical (unpaired) electrons. The summed E-state index contributed by atoms with van der Waals surface area (Å²) in [5, 5.41) is 4.76. The molecule has 7 nitrogen and oxygen atoms in total. The van der Waals surface area contributed by atoms with Gasteiger partial charge in [-0.05, 0) is 25.0 Å². The summed E-state index contributed by atoms with van der Waals surface area (Å²) in [7, 11) is 1.63. The van der Waals surface area contributed by atoms with Crippen LogP contribution in [0.5, 0.6) is 5.75 Å². The summed E-state index contributed by atoms with van der Waals surface area (Å²) >= 11 is 1.43. The van der Waals surface area contributed by atoms with Crippen LogP contribution < -0.4 is 10.1 Å². The van der Waals surface area contributed by atoms with E-state index in [1.165, 1.54) is 11.3 Å². The Hall–Kier alpha value is -2.87. The normalized spacial score (nSPS) is 14.0. The van der Waals surface area contributed by atoms with Crippen molar-refractivity contribution in [2.75, 3.05) is 26.7 Å². The molecule has 1 aromatic carbocycles. The van der Waals surface area contributed by atoms with Gasteiger partial charge in [-0.25, -0.2) is 4.98 Å². The molecule has 4 rings (SSSR count). The lowest BCUT2D eigenvalue weighted by Crippen LogP contribution is -2.31. The molecule has 0 spiro atoms. The number of aromatic nitrogens is 2. The first-order valence-corrected chi connectivity index (χ1v) is 10.2. The molecule has 0 bridgehead atoms. The van der Waals surface area contributed by atoms with Crippen LogP contribution in [0.3, 0.4) is 0 Å². The third kappa shape index (κ3) is 3.73. The summed E-state index contributed by atoms with van der Waals surface area (Å²) in [6.07, 6.45) is 4.21. The number of hydrogen-bond donors (Lipinski definition) is 1. The molecular formula is C20H22N4O3S. The molecule has 3 aromatic rings. The first kappa shape index (κ1) is 18.5. The second-order valence-electron chi connectivity index (χ2n) is 6.73. The van der Waals surface area contributed by atoms with E-state index >= 15 is 0 Å². The largest absolute Gasteiger partial charge is 0.497 e. The summed E-state index contributed by atoms with van der Waals surface area (Å²) in [5.41, 5.74) is 2.31. The molecule has 3 heterocycles. The number of carbonyl (C=O) groups excluding carboxylic acids is 2. The number of likely N-dealkylation sites (tertiary alicyclic amines) is 1. The van der Waals surface area contributed by atoms with Crippen LogP contribution in [0.4, 0.5) is 0 Å². The van der Waals surface area contributed by atoms with Gasteiger partial charge in [0, 0.05) is 43.2 Å². The predicted molar refractivity (Wildman–Crippen MR) is 108 cm³/mol. The van der Waals surface area contributed by atoms with Gasteiger partial charge in [0.05, 0.1) is 12.8 Å². The van der Waals surface area contributed by atoms with Gasteiger partial charge >= 0.3 is 0 Å². The van der Waals surface area contributed by atoms with Gasteiger partial charge in [-0.1, -0.05) is 12.1 Å². The Morgan fingerprint density at radius 2 is 2.29 bits per heavy atom. The minimum absolute atomic E-state index is 0.131. The number of hydrogen-bond acceptors (Lipinski definition) is 5. The average molecular weight is 398 g/mol. The lowest BCUT2D eigenvalue weighted by molar-refractivity contribution is -0.127. The summed E-state index contributed by atoms with van der Waals surface area (Å²) in [6.45, 7) is 2.07. The highest BCUT2D eigenvalue weighted by molar-refractivity contribution is 7.15. The standard InChI is InChI=1S/C20H22N4O3S/c1-27-15-6-2-5-14(11-15)16-12-24-17(13-28-20(24)22-16)19(26)21-8-4-10-23-9-3-7-18(23)25/h2,5-6,11-13H,3-4,7-10H2,1H3,(H,21,26). The number of benzene rings is 1. The summed E-state index contributed by atoms with van der Waals surface area (Å²) < 4.78 is 7.09. The van der Waals surface area contributed by atoms with Gasteiger partial charge in [-0.15, -0.1) is 11.3 Å². The van der Waals surface area contributed by atoms with Crippen molar-refractivity contribution in [3.05, 3.63) is 41.5 Å². The SMILES string of the molecule is COc1cccc(-c2cn3c(C(=O)NCCCN4CCCC4=O)csc3n2)c1. The van der Waals surface area contributed by atoms with E-state index in [1.807, 2.05) is 45.1 Å². The van der Waals surface area contributed by atoms with Crippen molar-refractivity contribution >= 4 is 28.1 Å². The van der Waals surface area contributed by atoms with E-state index in [4.69, 9.17) is 4.74 Å². The highest BCUT2D eigenvalue weighted by atomic mass is 32.1. The molecule has 0 atom stereocenters. The van der Waals surface area contributed by atoms with E-state index < -0.39 is 0 Å². The van der Waals surface area contributed by atoms with Crippen molar-refractivity contribution in [1.82, 2.24) is 19.6 Å². The van der Waals surface area contributed by atoms with E-state index in [9.17, 15) is 9.59 Å². The van der Waals surface area contributed by atoms with E-state index in [1.54, 1.807) is 7.11 Å². The number of nitrogens with one attached hydrogen (secondary N) is 1.